The number of hydrazone groups is 1. The number of para-hydroxylation sites is 1. The summed E-state index contributed by atoms with van der Waals surface area (Å²) in [5.74, 6) is 0.0148. The average molecular weight is 351 g/mol. The highest BCUT2D eigenvalue weighted by molar-refractivity contribution is 5.92. The van der Waals surface area contributed by atoms with Gasteiger partial charge in [-0.1, -0.05) is 18.2 Å². The van der Waals surface area contributed by atoms with Gasteiger partial charge in [-0.15, -0.1) is 0 Å². The minimum absolute atomic E-state index is 0.194. The van der Waals surface area contributed by atoms with E-state index in [9.17, 15) is 14.9 Å². The molecule has 2 aromatic carbocycles. The summed E-state index contributed by atoms with van der Waals surface area (Å²) < 4.78 is 10.5. The topological polar surface area (TPSA) is 107 Å². The number of furan rings is 1. The molecule has 3 rings (SSSR count). The third kappa shape index (κ3) is 4.32. The predicted octanol–water partition coefficient (Wildman–Crippen LogP) is 3.74. The Morgan fingerprint density at radius 3 is 2.38 bits per heavy atom. The molecule has 0 aliphatic carbocycles. The summed E-state index contributed by atoms with van der Waals surface area (Å²) in [5.41, 5.74) is 2.97. The standard InChI is InChI=1S/C18H13N3O5/c22-18(16-10-11-17(26-16)21(23)24)20-19-12-13-6-8-15(9-7-13)25-14-4-2-1-3-5-14/h1-12H,(H,20,22). The van der Waals surface area contributed by atoms with E-state index in [1.807, 2.05) is 30.3 Å². The van der Waals surface area contributed by atoms with Crippen LogP contribution in [0.2, 0.25) is 0 Å². The van der Waals surface area contributed by atoms with E-state index in [1.165, 1.54) is 12.3 Å². The van der Waals surface area contributed by atoms with Gasteiger partial charge in [0.2, 0.25) is 5.76 Å². The molecule has 0 fully saturated rings. The molecular weight excluding hydrogens is 338 g/mol. The van der Waals surface area contributed by atoms with E-state index in [4.69, 9.17) is 9.15 Å². The Hall–Kier alpha value is -3.94. The monoisotopic (exact) mass is 351 g/mol. The zero-order chi connectivity index (χ0) is 18.4. The molecule has 1 heterocycles. The van der Waals surface area contributed by atoms with Crippen molar-refractivity contribution in [1.82, 2.24) is 5.43 Å². The lowest BCUT2D eigenvalue weighted by molar-refractivity contribution is -0.402. The van der Waals surface area contributed by atoms with Gasteiger partial charge in [-0.2, -0.15) is 5.10 Å². The number of hydrogen-bond donors (Lipinski definition) is 1. The summed E-state index contributed by atoms with van der Waals surface area (Å²) >= 11 is 0. The first kappa shape index (κ1) is 16.9. The molecule has 0 radical (unpaired) electrons. The van der Waals surface area contributed by atoms with Crippen molar-refractivity contribution in [1.29, 1.82) is 0 Å². The highest BCUT2D eigenvalue weighted by Gasteiger charge is 2.16. The molecule has 0 saturated carbocycles. The van der Waals surface area contributed by atoms with Gasteiger partial charge in [0, 0.05) is 0 Å². The second kappa shape index (κ2) is 7.75. The van der Waals surface area contributed by atoms with E-state index in [0.717, 1.165) is 17.4 Å². The molecule has 0 spiro atoms. The lowest BCUT2D eigenvalue weighted by Crippen LogP contribution is -2.16. The summed E-state index contributed by atoms with van der Waals surface area (Å²) in [6, 6.07) is 18.8. The number of ether oxygens (including phenoxy) is 1. The number of rotatable bonds is 6. The van der Waals surface area contributed by atoms with Gasteiger partial charge in [-0.05, 0) is 48.0 Å². The third-order valence-electron chi connectivity index (χ3n) is 3.23. The van der Waals surface area contributed by atoms with Crippen molar-refractivity contribution in [3.8, 4) is 11.5 Å². The van der Waals surface area contributed by atoms with Crippen LogP contribution in [0, 0.1) is 10.1 Å². The van der Waals surface area contributed by atoms with Crippen LogP contribution in [-0.2, 0) is 0 Å². The van der Waals surface area contributed by atoms with Crippen LogP contribution in [0.15, 0.2) is 76.2 Å². The molecule has 1 aromatic heterocycles. The molecule has 1 amide bonds. The molecule has 0 saturated heterocycles. The van der Waals surface area contributed by atoms with Crippen molar-refractivity contribution in [2.24, 2.45) is 5.10 Å². The van der Waals surface area contributed by atoms with Crippen LogP contribution in [-0.4, -0.2) is 17.0 Å². The maximum absolute atomic E-state index is 11.8. The number of nitro groups is 1. The zero-order valence-electron chi connectivity index (χ0n) is 13.4. The van der Waals surface area contributed by atoms with Crippen LogP contribution in [0.1, 0.15) is 16.1 Å². The molecule has 0 bridgehead atoms. The second-order valence-corrected chi connectivity index (χ2v) is 5.08. The van der Waals surface area contributed by atoms with E-state index < -0.39 is 16.7 Å². The van der Waals surface area contributed by atoms with E-state index in [1.54, 1.807) is 24.3 Å². The summed E-state index contributed by atoms with van der Waals surface area (Å²) in [5, 5.41) is 14.3. The largest absolute Gasteiger partial charge is 0.457 e. The SMILES string of the molecule is O=C(NN=Cc1ccc(Oc2ccccc2)cc1)c1ccc([N+](=O)[O-])o1. The smallest absolute Gasteiger partial charge is 0.433 e. The fourth-order valence-corrected chi connectivity index (χ4v) is 2.01. The van der Waals surface area contributed by atoms with Crippen molar-refractivity contribution in [3.05, 3.63) is 88.2 Å². The van der Waals surface area contributed by atoms with Gasteiger partial charge >= 0.3 is 11.8 Å². The van der Waals surface area contributed by atoms with E-state index >= 15 is 0 Å². The fraction of sp³-hybridized carbons (Fsp3) is 0. The molecular formula is C18H13N3O5. The highest BCUT2D eigenvalue weighted by Crippen LogP contribution is 2.20. The summed E-state index contributed by atoms with van der Waals surface area (Å²) in [6.45, 7) is 0. The first-order chi connectivity index (χ1) is 12.6. The number of carbonyl (C=O) groups excluding carboxylic acids is 1. The Kier molecular flexibility index (Phi) is 5.04. The first-order valence-corrected chi connectivity index (χ1v) is 7.52. The van der Waals surface area contributed by atoms with Crippen molar-refractivity contribution >= 4 is 18.0 Å². The molecule has 0 unspecified atom stereocenters. The Bertz CT molecular complexity index is 933. The van der Waals surface area contributed by atoms with Crippen LogP contribution in [0.3, 0.4) is 0 Å². The quantitative estimate of drug-likeness (QED) is 0.413. The van der Waals surface area contributed by atoms with Crippen LogP contribution in [0.25, 0.3) is 0 Å². The van der Waals surface area contributed by atoms with E-state index in [0.29, 0.717) is 5.75 Å². The normalized spacial score (nSPS) is 10.6. The third-order valence-corrected chi connectivity index (χ3v) is 3.23. The maximum atomic E-state index is 11.8. The predicted molar refractivity (Wildman–Crippen MR) is 93.4 cm³/mol. The molecule has 1 N–H and O–H groups in total. The molecule has 3 aromatic rings. The van der Waals surface area contributed by atoms with E-state index in [2.05, 4.69) is 10.5 Å². The summed E-state index contributed by atoms with van der Waals surface area (Å²) in [7, 11) is 0. The second-order valence-electron chi connectivity index (χ2n) is 5.08. The molecule has 26 heavy (non-hydrogen) atoms. The zero-order valence-corrected chi connectivity index (χ0v) is 13.4. The van der Waals surface area contributed by atoms with Crippen LogP contribution >= 0.6 is 0 Å². The van der Waals surface area contributed by atoms with Gasteiger partial charge in [-0.25, -0.2) is 5.43 Å². The molecule has 130 valence electrons. The number of carbonyl (C=O) groups is 1. The number of nitrogens with zero attached hydrogens (tertiary/aromatic N) is 2. The van der Waals surface area contributed by atoms with Crippen LogP contribution < -0.4 is 10.2 Å². The van der Waals surface area contributed by atoms with Crippen LogP contribution in [0.5, 0.6) is 11.5 Å². The Morgan fingerprint density at radius 1 is 1.04 bits per heavy atom. The summed E-state index contributed by atoms with van der Waals surface area (Å²) in [4.78, 5) is 21.6. The Balaban J connectivity index is 1.56. The first-order valence-electron chi connectivity index (χ1n) is 7.52. The average Bonchev–Trinajstić information content (AvgIpc) is 3.15. The number of hydrogen-bond acceptors (Lipinski definition) is 6. The van der Waals surface area contributed by atoms with Crippen molar-refractivity contribution in [2.45, 2.75) is 0 Å². The van der Waals surface area contributed by atoms with Gasteiger partial charge in [0.25, 0.3) is 0 Å². The van der Waals surface area contributed by atoms with Crippen molar-refractivity contribution < 1.29 is 18.9 Å². The number of benzene rings is 2. The van der Waals surface area contributed by atoms with E-state index in [-0.39, 0.29) is 5.76 Å². The number of nitrogens with one attached hydrogen (secondary N) is 1. The highest BCUT2D eigenvalue weighted by atomic mass is 16.6. The Labute approximate surface area is 147 Å². The minimum atomic E-state index is -0.723. The molecule has 0 aliphatic heterocycles. The van der Waals surface area contributed by atoms with Gasteiger partial charge in [-0.3, -0.25) is 14.9 Å². The van der Waals surface area contributed by atoms with Crippen LogP contribution in [0.4, 0.5) is 5.88 Å². The molecule has 0 atom stereocenters. The lowest BCUT2D eigenvalue weighted by Gasteiger charge is -2.05. The molecule has 8 nitrogen and oxygen atoms in total. The van der Waals surface area contributed by atoms with Gasteiger partial charge in [0.15, 0.2) is 0 Å². The number of amides is 1. The molecule has 8 heteroatoms. The summed E-state index contributed by atoms with van der Waals surface area (Å²) in [6.07, 6.45) is 1.43. The minimum Gasteiger partial charge on any atom is -0.457 e. The maximum Gasteiger partial charge on any atom is 0.433 e. The van der Waals surface area contributed by atoms with Crippen molar-refractivity contribution in [3.63, 3.8) is 0 Å². The van der Waals surface area contributed by atoms with Crippen molar-refractivity contribution in [2.75, 3.05) is 0 Å². The molecule has 0 aliphatic rings. The Morgan fingerprint density at radius 2 is 1.73 bits per heavy atom. The fourth-order valence-electron chi connectivity index (χ4n) is 2.01. The van der Waals surface area contributed by atoms with Gasteiger partial charge < -0.3 is 9.15 Å². The van der Waals surface area contributed by atoms with Gasteiger partial charge in [0.05, 0.1) is 12.3 Å². The van der Waals surface area contributed by atoms with Gasteiger partial charge in [0.1, 0.15) is 16.4 Å². The lowest BCUT2D eigenvalue weighted by atomic mass is 10.2.